The summed E-state index contributed by atoms with van der Waals surface area (Å²) in [6, 6.07) is 10.1. The van der Waals surface area contributed by atoms with Crippen molar-refractivity contribution in [2.45, 2.75) is 20.0 Å². The van der Waals surface area contributed by atoms with Gasteiger partial charge in [0, 0.05) is 15.6 Å². The second kappa shape index (κ2) is 6.37. The standard InChI is InChI=1S/C16H16BrFO2/c1-3-20-15-7-4-10(2)8-13(15)16(19)12-6-5-11(17)9-14(12)18/h4-9,16,19H,3H2,1-2H3. The van der Waals surface area contributed by atoms with Crippen molar-refractivity contribution in [3.8, 4) is 5.75 Å². The van der Waals surface area contributed by atoms with Gasteiger partial charge in [0.15, 0.2) is 0 Å². The summed E-state index contributed by atoms with van der Waals surface area (Å²) in [7, 11) is 0. The minimum atomic E-state index is -1.05. The third-order valence-corrected chi connectivity index (χ3v) is 3.51. The van der Waals surface area contributed by atoms with Crippen LogP contribution in [0.4, 0.5) is 4.39 Å². The van der Waals surface area contributed by atoms with Gasteiger partial charge in [-0.05, 0) is 38.1 Å². The van der Waals surface area contributed by atoms with Crippen molar-refractivity contribution < 1.29 is 14.2 Å². The molecule has 2 nitrogen and oxygen atoms in total. The maximum absolute atomic E-state index is 14.0. The van der Waals surface area contributed by atoms with Crippen LogP contribution < -0.4 is 4.74 Å². The van der Waals surface area contributed by atoms with Crippen molar-refractivity contribution in [2.24, 2.45) is 0 Å². The van der Waals surface area contributed by atoms with Crippen molar-refractivity contribution in [1.29, 1.82) is 0 Å². The predicted molar refractivity (Wildman–Crippen MR) is 80.5 cm³/mol. The Hall–Kier alpha value is -1.39. The summed E-state index contributed by atoms with van der Waals surface area (Å²) in [5.74, 6) is 0.128. The van der Waals surface area contributed by atoms with E-state index in [0.29, 0.717) is 22.4 Å². The van der Waals surface area contributed by atoms with Crippen molar-refractivity contribution in [1.82, 2.24) is 0 Å². The highest BCUT2D eigenvalue weighted by atomic mass is 79.9. The summed E-state index contributed by atoms with van der Waals surface area (Å²) >= 11 is 3.21. The second-order valence-corrected chi connectivity index (χ2v) is 5.46. The first-order chi connectivity index (χ1) is 9.52. The quantitative estimate of drug-likeness (QED) is 0.896. The van der Waals surface area contributed by atoms with E-state index in [9.17, 15) is 9.50 Å². The lowest BCUT2D eigenvalue weighted by molar-refractivity contribution is 0.207. The molecule has 0 aliphatic carbocycles. The topological polar surface area (TPSA) is 29.5 Å². The molecule has 2 rings (SSSR count). The van der Waals surface area contributed by atoms with Crippen LogP contribution in [0.3, 0.4) is 0 Å². The second-order valence-electron chi connectivity index (χ2n) is 4.54. The average Bonchev–Trinajstić information content (AvgIpc) is 2.40. The molecule has 0 aliphatic rings. The van der Waals surface area contributed by atoms with Gasteiger partial charge in [-0.3, -0.25) is 0 Å². The Bertz CT molecular complexity index is 613. The SMILES string of the molecule is CCOc1ccc(C)cc1C(O)c1ccc(Br)cc1F. The number of halogens is 2. The molecule has 1 N–H and O–H groups in total. The van der Waals surface area contributed by atoms with E-state index in [1.165, 1.54) is 6.07 Å². The van der Waals surface area contributed by atoms with Crippen LogP contribution in [0.1, 0.15) is 29.7 Å². The first-order valence-corrected chi connectivity index (χ1v) is 7.18. The highest BCUT2D eigenvalue weighted by molar-refractivity contribution is 9.10. The molecule has 0 saturated heterocycles. The van der Waals surface area contributed by atoms with Crippen LogP contribution in [0, 0.1) is 12.7 Å². The maximum atomic E-state index is 14.0. The molecule has 1 unspecified atom stereocenters. The molecular weight excluding hydrogens is 323 g/mol. The largest absolute Gasteiger partial charge is 0.493 e. The lowest BCUT2D eigenvalue weighted by Crippen LogP contribution is -2.06. The first kappa shape index (κ1) is 15.0. The van der Waals surface area contributed by atoms with Crippen LogP contribution in [0.5, 0.6) is 5.75 Å². The van der Waals surface area contributed by atoms with Crippen LogP contribution >= 0.6 is 15.9 Å². The van der Waals surface area contributed by atoms with Gasteiger partial charge in [0.25, 0.3) is 0 Å². The first-order valence-electron chi connectivity index (χ1n) is 6.39. The van der Waals surface area contributed by atoms with Crippen molar-refractivity contribution in [3.05, 3.63) is 63.4 Å². The lowest BCUT2D eigenvalue weighted by Gasteiger charge is -2.17. The highest BCUT2D eigenvalue weighted by Gasteiger charge is 2.19. The summed E-state index contributed by atoms with van der Waals surface area (Å²) in [6.07, 6.45) is -1.05. The molecule has 0 saturated carbocycles. The van der Waals surface area contributed by atoms with E-state index >= 15 is 0 Å². The van der Waals surface area contributed by atoms with Crippen LogP contribution in [-0.4, -0.2) is 11.7 Å². The molecule has 0 bridgehead atoms. The summed E-state index contributed by atoms with van der Waals surface area (Å²) in [6.45, 7) is 4.28. The highest BCUT2D eigenvalue weighted by Crippen LogP contribution is 2.33. The summed E-state index contributed by atoms with van der Waals surface area (Å²) in [4.78, 5) is 0. The Morgan fingerprint density at radius 1 is 1.20 bits per heavy atom. The third kappa shape index (κ3) is 3.19. The van der Waals surface area contributed by atoms with Gasteiger partial charge in [0.1, 0.15) is 17.7 Å². The normalized spacial score (nSPS) is 12.2. The Morgan fingerprint density at radius 3 is 2.60 bits per heavy atom. The fourth-order valence-electron chi connectivity index (χ4n) is 2.06. The molecule has 0 aliphatic heterocycles. The maximum Gasteiger partial charge on any atom is 0.130 e. The summed E-state index contributed by atoms with van der Waals surface area (Å²) < 4.78 is 20.1. The van der Waals surface area contributed by atoms with Crippen molar-refractivity contribution in [3.63, 3.8) is 0 Å². The van der Waals surface area contributed by atoms with Gasteiger partial charge in [0.2, 0.25) is 0 Å². The minimum Gasteiger partial charge on any atom is -0.493 e. The lowest BCUT2D eigenvalue weighted by atomic mass is 9.98. The molecule has 0 spiro atoms. The molecule has 4 heteroatoms. The van der Waals surface area contributed by atoms with Crippen LogP contribution in [0.25, 0.3) is 0 Å². The van der Waals surface area contributed by atoms with E-state index in [0.717, 1.165) is 5.56 Å². The van der Waals surface area contributed by atoms with E-state index in [1.54, 1.807) is 18.2 Å². The summed E-state index contributed by atoms with van der Waals surface area (Å²) in [5, 5.41) is 10.5. The molecule has 106 valence electrons. The number of aliphatic hydroxyl groups excluding tert-OH is 1. The van der Waals surface area contributed by atoms with E-state index in [2.05, 4.69) is 15.9 Å². The molecule has 0 fully saturated rings. The van der Waals surface area contributed by atoms with Crippen molar-refractivity contribution >= 4 is 15.9 Å². The average molecular weight is 339 g/mol. The number of aryl methyl sites for hydroxylation is 1. The number of hydrogen-bond acceptors (Lipinski definition) is 2. The van der Waals surface area contributed by atoms with Gasteiger partial charge in [0.05, 0.1) is 6.61 Å². The molecule has 2 aromatic rings. The van der Waals surface area contributed by atoms with Crippen LogP contribution in [-0.2, 0) is 0 Å². The zero-order valence-corrected chi connectivity index (χ0v) is 12.9. The molecule has 2 aromatic carbocycles. The molecular formula is C16H16BrFO2. The number of ether oxygens (including phenoxy) is 1. The van der Waals surface area contributed by atoms with Gasteiger partial charge in [-0.15, -0.1) is 0 Å². The molecule has 0 aromatic heterocycles. The van der Waals surface area contributed by atoms with Crippen LogP contribution in [0.2, 0.25) is 0 Å². The zero-order chi connectivity index (χ0) is 14.7. The van der Waals surface area contributed by atoms with E-state index in [4.69, 9.17) is 4.74 Å². The van der Waals surface area contributed by atoms with Gasteiger partial charge >= 0.3 is 0 Å². The van der Waals surface area contributed by atoms with Gasteiger partial charge in [-0.2, -0.15) is 0 Å². The predicted octanol–water partition coefficient (Wildman–Crippen LogP) is 4.38. The Morgan fingerprint density at radius 2 is 1.95 bits per heavy atom. The Kier molecular flexibility index (Phi) is 4.78. The van der Waals surface area contributed by atoms with Crippen molar-refractivity contribution in [2.75, 3.05) is 6.61 Å². The molecule has 0 radical (unpaired) electrons. The number of aliphatic hydroxyl groups is 1. The third-order valence-electron chi connectivity index (χ3n) is 3.02. The zero-order valence-electron chi connectivity index (χ0n) is 11.4. The van der Waals surface area contributed by atoms with Gasteiger partial charge < -0.3 is 9.84 Å². The molecule has 0 amide bonds. The van der Waals surface area contributed by atoms with E-state index < -0.39 is 11.9 Å². The Labute approximate surface area is 126 Å². The number of benzene rings is 2. The monoisotopic (exact) mass is 338 g/mol. The number of hydrogen-bond donors (Lipinski definition) is 1. The van der Waals surface area contributed by atoms with E-state index in [1.807, 2.05) is 26.0 Å². The van der Waals surface area contributed by atoms with E-state index in [-0.39, 0.29) is 5.56 Å². The fraction of sp³-hybridized carbons (Fsp3) is 0.250. The smallest absolute Gasteiger partial charge is 0.130 e. The van der Waals surface area contributed by atoms with Crippen LogP contribution in [0.15, 0.2) is 40.9 Å². The molecule has 0 heterocycles. The Balaban J connectivity index is 2.46. The van der Waals surface area contributed by atoms with Gasteiger partial charge in [-0.1, -0.05) is 33.6 Å². The number of rotatable bonds is 4. The fourth-order valence-corrected chi connectivity index (χ4v) is 2.39. The summed E-state index contributed by atoms with van der Waals surface area (Å²) in [5.41, 5.74) is 1.80. The minimum absolute atomic E-state index is 0.236. The molecule has 20 heavy (non-hydrogen) atoms. The molecule has 1 atom stereocenters. The van der Waals surface area contributed by atoms with Gasteiger partial charge in [-0.25, -0.2) is 4.39 Å².